The van der Waals surface area contributed by atoms with Crippen LogP contribution in [0.25, 0.3) is 10.6 Å². The first-order chi connectivity index (χ1) is 12.0. The second kappa shape index (κ2) is 6.20. The number of hydrogen-bond donors (Lipinski definition) is 0. The van der Waals surface area contributed by atoms with E-state index in [1.807, 2.05) is 0 Å². The quantitative estimate of drug-likeness (QED) is 0.771. The maximum atomic E-state index is 13.0. The van der Waals surface area contributed by atoms with Crippen LogP contribution in [0.5, 0.6) is 0 Å². The van der Waals surface area contributed by atoms with E-state index in [9.17, 15) is 13.2 Å². The van der Waals surface area contributed by atoms with Gasteiger partial charge in [0.1, 0.15) is 10.3 Å². The third-order valence-corrected chi connectivity index (χ3v) is 8.12. The highest BCUT2D eigenvalue weighted by Gasteiger charge is 2.41. The molecular weight excluding hydrogens is 364 g/mol. The van der Waals surface area contributed by atoms with Crippen molar-refractivity contribution in [2.45, 2.75) is 10.3 Å². The van der Waals surface area contributed by atoms with Crippen LogP contribution >= 0.6 is 11.3 Å². The Labute approximate surface area is 149 Å². The van der Waals surface area contributed by atoms with E-state index in [4.69, 9.17) is 4.42 Å². The fourth-order valence-electron chi connectivity index (χ4n) is 3.21. The number of oxazole rings is 1. The van der Waals surface area contributed by atoms with Crippen molar-refractivity contribution in [2.24, 2.45) is 0 Å². The summed E-state index contributed by atoms with van der Waals surface area (Å²) in [6.45, 7) is 2.64. The van der Waals surface area contributed by atoms with Crippen LogP contribution in [0.4, 0.5) is 0 Å². The topological polar surface area (TPSA) is 87.0 Å². The van der Waals surface area contributed by atoms with E-state index >= 15 is 0 Å². The number of amides is 1. The molecule has 2 aromatic heterocycles. The molecule has 0 radical (unpaired) electrons. The Hall–Kier alpha value is -1.75. The van der Waals surface area contributed by atoms with Crippen molar-refractivity contribution in [3.05, 3.63) is 24.7 Å². The molecule has 2 aliphatic rings. The molecule has 2 fully saturated rings. The molecule has 1 atom stereocenters. The number of hydrogen-bond acceptors (Lipinski definition) is 7. The largest absolute Gasteiger partial charge is 0.443 e. The molecule has 0 unspecified atom stereocenters. The summed E-state index contributed by atoms with van der Waals surface area (Å²) in [4.78, 5) is 20.7. The van der Waals surface area contributed by atoms with Crippen molar-refractivity contribution >= 4 is 27.3 Å². The standard InChI is InChI=1S/C15H18N4O4S2/c1-17-4-5-18-6-7-19(9-11(18)15(17)20)25(21,22)14-3-2-13(24-14)12-8-16-10-23-12/h2-3,8,10-11H,4-7,9H2,1H3/t11-/m0/s1. The van der Waals surface area contributed by atoms with Crippen LogP contribution in [-0.2, 0) is 14.8 Å². The second-order valence-corrected chi connectivity index (χ2v) is 9.41. The molecule has 0 aromatic carbocycles. The molecule has 2 aromatic rings. The summed E-state index contributed by atoms with van der Waals surface area (Å²) in [6, 6.07) is 2.91. The highest BCUT2D eigenvalue weighted by molar-refractivity contribution is 7.91. The zero-order valence-electron chi connectivity index (χ0n) is 13.7. The average Bonchev–Trinajstić information content (AvgIpc) is 3.29. The Balaban J connectivity index is 1.57. The zero-order chi connectivity index (χ0) is 17.6. The minimum absolute atomic E-state index is 0.0142. The number of rotatable bonds is 3. The predicted molar refractivity (Wildman–Crippen MR) is 91.6 cm³/mol. The molecule has 0 N–H and O–H groups in total. The lowest BCUT2D eigenvalue weighted by molar-refractivity contribution is -0.142. The van der Waals surface area contributed by atoms with Gasteiger partial charge in [-0.2, -0.15) is 4.31 Å². The monoisotopic (exact) mass is 382 g/mol. The van der Waals surface area contributed by atoms with E-state index in [0.29, 0.717) is 30.3 Å². The van der Waals surface area contributed by atoms with Crippen molar-refractivity contribution in [3.8, 4) is 10.6 Å². The number of thiophene rings is 1. The van der Waals surface area contributed by atoms with Gasteiger partial charge in [-0.1, -0.05) is 0 Å². The van der Waals surface area contributed by atoms with Crippen LogP contribution in [0.3, 0.4) is 0 Å². The Morgan fingerprint density at radius 3 is 2.80 bits per heavy atom. The molecule has 4 rings (SSSR count). The molecule has 0 spiro atoms. The fourth-order valence-corrected chi connectivity index (χ4v) is 6.07. The van der Waals surface area contributed by atoms with Gasteiger partial charge in [0.15, 0.2) is 12.2 Å². The van der Waals surface area contributed by atoms with Crippen LogP contribution in [-0.4, -0.2) is 79.2 Å². The number of likely N-dealkylation sites (N-methyl/N-ethyl adjacent to an activating group) is 1. The lowest BCUT2D eigenvalue weighted by Crippen LogP contribution is -2.64. The number of fused-ring (bicyclic) bond motifs is 1. The molecule has 2 saturated heterocycles. The minimum Gasteiger partial charge on any atom is -0.443 e. The van der Waals surface area contributed by atoms with Crippen molar-refractivity contribution in [2.75, 3.05) is 39.8 Å². The van der Waals surface area contributed by atoms with Crippen molar-refractivity contribution < 1.29 is 17.6 Å². The molecule has 0 saturated carbocycles. The molecule has 134 valence electrons. The van der Waals surface area contributed by atoms with E-state index in [1.165, 1.54) is 10.7 Å². The molecule has 0 bridgehead atoms. The van der Waals surface area contributed by atoms with E-state index in [-0.39, 0.29) is 16.7 Å². The summed E-state index contributed by atoms with van der Waals surface area (Å²) in [6.07, 6.45) is 2.87. The van der Waals surface area contributed by atoms with Gasteiger partial charge in [0.25, 0.3) is 10.0 Å². The Kier molecular flexibility index (Phi) is 4.14. The van der Waals surface area contributed by atoms with E-state index in [1.54, 1.807) is 30.3 Å². The number of piperazine rings is 2. The molecule has 0 aliphatic carbocycles. The van der Waals surface area contributed by atoms with Gasteiger partial charge in [-0.3, -0.25) is 9.69 Å². The number of carbonyl (C=O) groups is 1. The van der Waals surface area contributed by atoms with Gasteiger partial charge in [0.05, 0.1) is 11.1 Å². The van der Waals surface area contributed by atoms with Gasteiger partial charge in [-0.05, 0) is 12.1 Å². The van der Waals surface area contributed by atoms with Gasteiger partial charge in [0, 0.05) is 39.8 Å². The Morgan fingerprint density at radius 1 is 1.24 bits per heavy atom. The van der Waals surface area contributed by atoms with Crippen molar-refractivity contribution in [1.29, 1.82) is 0 Å². The summed E-state index contributed by atoms with van der Waals surface area (Å²) in [7, 11) is -1.87. The summed E-state index contributed by atoms with van der Waals surface area (Å²) < 4.78 is 32.9. The third-order valence-electron chi connectivity index (χ3n) is 4.69. The van der Waals surface area contributed by atoms with Gasteiger partial charge < -0.3 is 9.32 Å². The smallest absolute Gasteiger partial charge is 0.252 e. The summed E-state index contributed by atoms with van der Waals surface area (Å²) >= 11 is 1.15. The molecule has 4 heterocycles. The van der Waals surface area contributed by atoms with E-state index in [0.717, 1.165) is 17.9 Å². The second-order valence-electron chi connectivity index (χ2n) is 6.16. The number of nitrogens with zero attached hydrogens (tertiary/aromatic N) is 4. The van der Waals surface area contributed by atoms with Crippen LogP contribution in [0, 0.1) is 0 Å². The number of aromatic nitrogens is 1. The fraction of sp³-hybridized carbons (Fsp3) is 0.467. The third kappa shape index (κ3) is 2.88. The molecular formula is C15H18N4O4S2. The number of sulfonamides is 1. The maximum Gasteiger partial charge on any atom is 0.252 e. The Bertz CT molecular complexity index is 877. The summed E-state index contributed by atoms with van der Waals surface area (Å²) in [5, 5.41) is 0. The van der Waals surface area contributed by atoms with Crippen LogP contribution in [0.2, 0.25) is 0 Å². The first kappa shape index (κ1) is 16.7. The maximum absolute atomic E-state index is 13.0. The van der Waals surface area contributed by atoms with Crippen molar-refractivity contribution in [3.63, 3.8) is 0 Å². The predicted octanol–water partition coefficient (Wildman–Crippen LogP) is 0.550. The highest BCUT2D eigenvalue weighted by Crippen LogP contribution is 2.33. The summed E-state index contributed by atoms with van der Waals surface area (Å²) in [5.41, 5.74) is 0. The van der Waals surface area contributed by atoms with Crippen LogP contribution in [0.1, 0.15) is 0 Å². The van der Waals surface area contributed by atoms with Crippen molar-refractivity contribution in [1.82, 2.24) is 19.1 Å². The van der Waals surface area contributed by atoms with Crippen LogP contribution < -0.4 is 0 Å². The normalized spacial score (nSPS) is 23.0. The molecule has 25 heavy (non-hydrogen) atoms. The Morgan fingerprint density at radius 2 is 2.04 bits per heavy atom. The lowest BCUT2D eigenvalue weighted by Gasteiger charge is -2.44. The lowest BCUT2D eigenvalue weighted by atomic mass is 10.1. The van der Waals surface area contributed by atoms with Crippen LogP contribution in [0.15, 0.2) is 33.3 Å². The first-order valence-corrected chi connectivity index (χ1v) is 10.2. The first-order valence-electron chi connectivity index (χ1n) is 7.95. The highest BCUT2D eigenvalue weighted by atomic mass is 32.2. The summed E-state index contributed by atoms with van der Waals surface area (Å²) in [5.74, 6) is 0.528. The minimum atomic E-state index is -3.63. The SMILES string of the molecule is CN1CCN2CCN(S(=O)(=O)c3ccc(-c4cnco4)s3)C[C@H]2C1=O. The number of carbonyl (C=O) groups excluding carboxylic acids is 1. The molecule has 8 nitrogen and oxygen atoms in total. The van der Waals surface area contributed by atoms with Gasteiger partial charge in [-0.15, -0.1) is 11.3 Å². The molecule has 10 heteroatoms. The molecule has 2 aliphatic heterocycles. The van der Waals surface area contributed by atoms with Gasteiger partial charge in [0.2, 0.25) is 5.91 Å². The van der Waals surface area contributed by atoms with E-state index in [2.05, 4.69) is 9.88 Å². The zero-order valence-corrected chi connectivity index (χ0v) is 15.3. The van der Waals surface area contributed by atoms with E-state index < -0.39 is 16.1 Å². The molecule has 1 amide bonds. The average molecular weight is 382 g/mol. The van der Waals surface area contributed by atoms with Gasteiger partial charge >= 0.3 is 0 Å². The van der Waals surface area contributed by atoms with Gasteiger partial charge in [-0.25, -0.2) is 13.4 Å².